The molecule has 1 aliphatic rings. The lowest BCUT2D eigenvalue weighted by molar-refractivity contribution is -0.160. The van der Waals surface area contributed by atoms with Crippen LogP contribution < -0.4 is 5.32 Å². The molecule has 1 unspecified atom stereocenters. The van der Waals surface area contributed by atoms with Crippen molar-refractivity contribution < 1.29 is 27.4 Å². The van der Waals surface area contributed by atoms with Gasteiger partial charge in [-0.1, -0.05) is 13.8 Å². The van der Waals surface area contributed by atoms with E-state index < -0.39 is 47.2 Å². The number of aromatic nitrogens is 3. The molecule has 3 rings (SSSR count). The van der Waals surface area contributed by atoms with Crippen molar-refractivity contribution in [2.24, 2.45) is 5.92 Å². The topological polar surface area (TPSA) is 95.5 Å². The number of hydrogen-bond acceptors (Lipinski definition) is 6. The van der Waals surface area contributed by atoms with E-state index in [2.05, 4.69) is 15.4 Å². The quantitative estimate of drug-likeness (QED) is 0.765. The van der Waals surface area contributed by atoms with E-state index in [0.29, 0.717) is 13.0 Å². The molecule has 0 amide bonds. The van der Waals surface area contributed by atoms with E-state index in [0.717, 1.165) is 10.7 Å². The summed E-state index contributed by atoms with van der Waals surface area (Å²) in [6.45, 7) is 3.18. The third-order valence-electron chi connectivity index (χ3n) is 4.73. The zero-order chi connectivity index (χ0) is 20.6. The number of hydrogen-bond donors (Lipinski definition) is 2. The average molecular weight is 401 g/mol. The molecule has 3 atom stereocenters. The van der Waals surface area contributed by atoms with Crippen molar-refractivity contribution in [3.05, 3.63) is 23.3 Å². The van der Waals surface area contributed by atoms with Crippen LogP contribution in [-0.4, -0.2) is 51.2 Å². The minimum absolute atomic E-state index is 0.0797. The van der Waals surface area contributed by atoms with Gasteiger partial charge in [0.1, 0.15) is 23.1 Å². The minimum atomic E-state index is -4.70. The van der Waals surface area contributed by atoms with Gasteiger partial charge in [-0.25, -0.2) is 13.9 Å². The number of ether oxygens (including phenoxy) is 1. The molecule has 0 bridgehead atoms. The second-order valence-electron chi connectivity index (χ2n) is 7.01. The summed E-state index contributed by atoms with van der Waals surface area (Å²) in [5, 5.41) is 26.1. The Labute approximate surface area is 157 Å². The van der Waals surface area contributed by atoms with Crippen molar-refractivity contribution >= 4 is 11.5 Å². The van der Waals surface area contributed by atoms with Gasteiger partial charge in [0.25, 0.3) is 0 Å². The number of rotatable bonds is 4. The number of nitriles is 1. The minimum Gasteiger partial charge on any atom is -0.389 e. The fourth-order valence-corrected chi connectivity index (χ4v) is 3.40. The van der Waals surface area contributed by atoms with Crippen molar-refractivity contribution in [3.8, 4) is 6.07 Å². The summed E-state index contributed by atoms with van der Waals surface area (Å²) in [5.41, 5.74) is -1.58. The van der Waals surface area contributed by atoms with Gasteiger partial charge >= 0.3 is 6.18 Å². The number of aliphatic hydroxyl groups excluding tert-OH is 1. The van der Waals surface area contributed by atoms with Crippen LogP contribution in [0.2, 0.25) is 0 Å². The number of nitrogens with zero attached hydrogens (tertiary/aromatic N) is 4. The molecule has 0 aromatic carbocycles. The standard InChI is InChI=1S/C17H19F4N5O2/c1-8(2)13(17(19,20)21)15-9(5-22)14(18)11-6-23-16(25-26(11)15)24-10-3-4-28-7-12(10)27/h6,8,10,12-13,27H,3-4,7H2,1-2H3,(H,24,25)/t10-,12-,13?/m1/s1. The summed E-state index contributed by atoms with van der Waals surface area (Å²) in [5.74, 6) is -4.21. The smallest absolute Gasteiger partial charge is 0.389 e. The van der Waals surface area contributed by atoms with Gasteiger partial charge in [0.2, 0.25) is 5.95 Å². The lowest BCUT2D eigenvalue weighted by atomic mass is 9.90. The molecule has 2 aromatic heterocycles. The van der Waals surface area contributed by atoms with Crippen LogP contribution in [0.15, 0.2) is 6.20 Å². The highest BCUT2D eigenvalue weighted by molar-refractivity contribution is 5.59. The van der Waals surface area contributed by atoms with Crippen LogP contribution in [0.5, 0.6) is 0 Å². The van der Waals surface area contributed by atoms with Crippen molar-refractivity contribution in [1.82, 2.24) is 14.6 Å². The van der Waals surface area contributed by atoms with E-state index in [-0.39, 0.29) is 18.1 Å². The summed E-state index contributed by atoms with van der Waals surface area (Å²) in [6, 6.07) is 1.06. The summed E-state index contributed by atoms with van der Waals surface area (Å²) in [4.78, 5) is 3.93. The summed E-state index contributed by atoms with van der Waals surface area (Å²) in [7, 11) is 0. The van der Waals surface area contributed by atoms with Crippen molar-refractivity contribution in [2.45, 2.75) is 44.5 Å². The second-order valence-corrected chi connectivity index (χ2v) is 7.01. The van der Waals surface area contributed by atoms with Gasteiger partial charge in [-0.15, -0.1) is 5.10 Å². The van der Waals surface area contributed by atoms with Crippen LogP contribution >= 0.6 is 0 Å². The fraction of sp³-hybridized carbons (Fsp3) is 0.588. The zero-order valence-electron chi connectivity index (χ0n) is 15.2. The Kier molecular flexibility index (Phi) is 5.45. The lowest BCUT2D eigenvalue weighted by Gasteiger charge is -2.28. The first-order valence-corrected chi connectivity index (χ1v) is 8.71. The van der Waals surface area contributed by atoms with Gasteiger partial charge < -0.3 is 15.2 Å². The molecule has 7 nitrogen and oxygen atoms in total. The number of aliphatic hydroxyl groups is 1. The van der Waals surface area contributed by atoms with Crippen LogP contribution in [0.4, 0.5) is 23.5 Å². The third-order valence-corrected chi connectivity index (χ3v) is 4.73. The first-order chi connectivity index (χ1) is 13.1. The van der Waals surface area contributed by atoms with Gasteiger partial charge in [-0.05, 0) is 12.3 Å². The average Bonchev–Trinajstić information content (AvgIpc) is 2.87. The summed E-state index contributed by atoms with van der Waals surface area (Å²) < 4.78 is 61.5. The molecule has 1 saturated heterocycles. The van der Waals surface area contributed by atoms with E-state index in [4.69, 9.17) is 4.74 Å². The van der Waals surface area contributed by atoms with Gasteiger partial charge in [0.05, 0.1) is 30.6 Å². The largest absolute Gasteiger partial charge is 0.397 e. The molecule has 0 spiro atoms. The van der Waals surface area contributed by atoms with E-state index in [1.807, 2.05) is 0 Å². The Morgan fingerprint density at radius 1 is 1.43 bits per heavy atom. The van der Waals surface area contributed by atoms with Gasteiger partial charge in [-0.2, -0.15) is 18.4 Å². The Bertz CT molecular complexity index is 906. The van der Waals surface area contributed by atoms with Crippen LogP contribution in [0.25, 0.3) is 5.52 Å². The highest BCUT2D eigenvalue weighted by atomic mass is 19.4. The van der Waals surface area contributed by atoms with Crippen LogP contribution in [0.1, 0.15) is 37.4 Å². The van der Waals surface area contributed by atoms with Gasteiger partial charge in [-0.3, -0.25) is 0 Å². The Morgan fingerprint density at radius 2 is 2.14 bits per heavy atom. The number of anilines is 1. The number of alkyl halides is 3. The van der Waals surface area contributed by atoms with Crippen LogP contribution in [-0.2, 0) is 4.74 Å². The van der Waals surface area contributed by atoms with Crippen molar-refractivity contribution in [1.29, 1.82) is 5.26 Å². The van der Waals surface area contributed by atoms with E-state index in [9.17, 15) is 27.9 Å². The second kappa shape index (κ2) is 7.52. The molecular weight excluding hydrogens is 382 g/mol. The Morgan fingerprint density at radius 3 is 2.71 bits per heavy atom. The van der Waals surface area contributed by atoms with Gasteiger partial charge in [0.15, 0.2) is 5.82 Å². The Hall–Kier alpha value is -2.45. The monoisotopic (exact) mass is 401 g/mol. The molecule has 2 N–H and O–H groups in total. The van der Waals surface area contributed by atoms with Gasteiger partial charge in [0, 0.05) is 6.61 Å². The molecule has 1 aliphatic heterocycles. The maximum absolute atomic E-state index is 14.6. The molecule has 2 aromatic rings. The fourth-order valence-electron chi connectivity index (χ4n) is 3.40. The molecule has 3 heterocycles. The molecule has 0 radical (unpaired) electrons. The molecule has 0 saturated carbocycles. The highest BCUT2D eigenvalue weighted by Crippen LogP contribution is 2.43. The van der Waals surface area contributed by atoms with Crippen molar-refractivity contribution in [3.63, 3.8) is 0 Å². The van der Waals surface area contributed by atoms with E-state index >= 15 is 0 Å². The third kappa shape index (κ3) is 3.62. The summed E-state index contributed by atoms with van der Waals surface area (Å²) in [6.07, 6.45) is -4.08. The predicted molar refractivity (Wildman–Crippen MR) is 90.1 cm³/mol. The summed E-state index contributed by atoms with van der Waals surface area (Å²) >= 11 is 0. The molecule has 1 fully saturated rings. The first-order valence-electron chi connectivity index (χ1n) is 8.71. The van der Waals surface area contributed by atoms with Crippen LogP contribution in [0.3, 0.4) is 0 Å². The Balaban J connectivity index is 2.12. The SMILES string of the molecule is CC(C)C(c1c(C#N)c(F)c2cnc(N[C@@H]3CCOC[C@H]3O)nn12)C(F)(F)F. The predicted octanol–water partition coefficient (Wildman–Crippen LogP) is 2.60. The molecular formula is C17H19F4N5O2. The first kappa shape index (κ1) is 20.3. The number of fused-ring (bicyclic) bond motifs is 1. The van der Waals surface area contributed by atoms with Crippen molar-refractivity contribution in [2.75, 3.05) is 18.5 Å². The molecule has 28 heavy (non-hydrogen) atoms. The zero-order valence-corrected chi connectivity index (χ0v) is 15.2. The maximum atomic E-state index is 14.6. The number of nitrogens with one attached hydrogen (secondary N) is 1. The lowest BCUT2D eigenvalue weighted by Crippen LogP contribution is -2.42. The molecule has 0 aliphatic carbocycles. The number of halogens is 4. The van der Waals surface area contributed by atoms with E-state index in [1.54, 1.807) is 0 Å². The highest BCUT2D eigenvalue weighted by Gasteiger charge is 2.46. The normalized spacial score (nSPS) is 21.7. The maximum Gasteiger partial charge on any atom is 0.397 e. The molecule has 152 valence electrons. The molecule has 11 heteroatoms. The van der Waals surface area contributed by atoms with Crippen LogP contribution in [0, 0.1) is 23.1 Å². The van der Waals surface area contributed by atoms with E-state index in [1.165, 1.54) is 19.9 Å².